The van der Waals surface area contributed by atoms with Crippen molar-refractivity contribution < 1.29 is 28.9 Å². The Bertz CT molecular complexity index is 619. The van der Waals surface area contributed by atoms with Crippen LogP contribution in [0.15, 0.2) is 12.7 Å². The molecule has 4 N–H and O–H groups in total. The molecule has 1 heterocycles. The Balaban J connectivity index is 2.37. The molecule has 0 bridgehead atoms. The fourth-order valence-electron chi connectivity index (χ4n) is 4.67. The third kappa shape index (κ3) is 4.59. The second kappa shape index (κ2) is 9.79. The third-order valence-electron chi connectivity index (χ3n) is 5.97. The highest BCUT2D eigenvalue weighted by Gasteiger charge is 2.58. The van der Waals surface area contributed by atoms with E-state index < -0.39 is 34.3 Å². The second-order valence-corrected chi connectivity index (χ2v) is 7.78. The van der Waals surface area contributed by atoms with E-state index in [1.807, 2.05) is 0 Å². The van der Waals surface area contributed by atoms with Crippen molar-refractivity contribution in [3.05, 3.63) is 12.7 Å². The molecule has 0 aromatic rings. The zero-order valence-corrected chi connectivity index (χ0v) is 16.2. The first-order chi connectivity index (χ1) is 13.4. The van der Waals surface area contributed by atoms with E-state index in [9.17, 15) is 24.4 Å². The lowest BCUT2D eigenvalue weighted by atomic mass is 9.90. The molecule has 0 aromatic carbocycles. The van der Waals surface area contributed by atoms with Crippen LogP contribution in [0, 0.1) is 11.8 Å². The summed E-state index contributed by atoms with van der Waals surface area (Å²) in [6.45, 7) is 3.68. The van der Waals surface area contributed by atoms with E-state index in [1.165, 1.54) is 6.08 Å². The van der Waals surface area contributed by atoms with Gasteiger partial charge in [-0.05, 0) is 12.3 Å². The van der Waals surface area contributed by atoms with Crippen LogP contribution < -0.4 is 11.1 Å². The zero-order valence-electron chi connectivity index (χ0n) is 16.2. The van der Waals surface area contributed by atoms with Gasteiger partial charge < -0.3 is 11.1 Å². The highest BCUT2D eigenvalue weighted by atomic mass is 16.5. The van der Waals surface area contributed by atoms with Gasteiger partial charge in [0.2, 0.25) is 6.41 Å². The van der Waals surface area contributed by atoms with E-state index in [2.05, 4.69) is 11.9 Å². The monoisotopic (exact) mass is 395 g/mol. The normalized spacial score (nSPS) is 25.8. The first kappa shape index (κ1) is 22.0. The second-order valence-electron chi connectivity index (χ2n) is 7.78. The molecule has 1 aliphatic heterocycles. The molecule has 1 saturated carbocycles. The molecule has 0 aromatic heterocycles. The molecule has 9 nitrogen and oxygen atoms in total. The number of likely N-dealkylation sites (tertiary alicyclic amines) is 1. The highest BCUT2D eigenvalue weighted by Crippen LogP contribution is 2.35. The number of amides is 5. The van der Waals surface area contributed by atoms with Crippen LogP contribution in [0.5, 0.6) is 0 Å². The molecule has 1 saturated heterocycles. The quantitative estimate of drug-likeness (QED) is 0.176. The number of rotatable bonds is 9. The molecule has 28 heavy (non-hydrogen) atoms. The third-order valence-corrected chi connectivity index (χ3v) is 5.97. The Morgan fingerprint density at radius 2 is 1.93 bits per heavy atom. The summed E-state index contributed by atoms with van der Waals surface area (Å²) >= 11 is 0. The molecule has 9 heteroatoms. The number of hydrogen-bond acceptors (Lipinski definition) is 5. The molecule has 0 spiro atoms. The Hall–Kier alpha value is -2.26. The number of carbonyl (C=O) groups is 4. The molecular weight excluding hydrogens is 364 g/mol. The largest absolute Gasteiger partial charge is 0.424 e. The summed E-state index contributed by atoms with van der Waals surface area (Å²) in [4.78, 5) is 49.7. The molecule has 1 unspecified atom stereocenters. The lowest BCUT2D eigenvalue weighted by Gasteiger charge is -2.36. The molecule has 0 radical (unpaired) electrons. The maximum Gasteiger partial charge on any atom is 0.424 e. The molecule has 2 rings (SSSR count). The van der Waals surface area contributed by atoms with Crippen LogP contribution in [0.3, 0.4) is 0 Å². The van der Waals surface area contributed by atoms with Crippen molar-refractivity contribution >= 4 is 24.3 Å². The van der Waals surface area contributed by atoms with Crippen LogP contribution in [-0.2, 0) is 14.4 Å². The SMILES string of the molecule is C=CCNC(=O)[N+]1(C(=O)[C@H](CC2CCCC2)CN(O)C=O)CCC[C@H]1C(N)=O. The van der Waals surface area contributed by atoms with Gasteiger partial charge in [0.25, 0.3) is 5.91 Å². The topological polar surface area (TPSA) is 130 Å². The van der Waals surface area contributed by atoms with Gasteiger partial charge in [0.15, 0.2) is 6.04 Å². The molecular formula is C19H31N4O5+. The number of hydrogen-bond donors (Lipinski definition) is 3. The van der Waals surface area contributed by atoms with Crippen molar-refractivity contribution in [2.75, 3.05) is 19.6 Å². The van der Waals surface area contributed by atoms with Gasteiger partial charge in [-0.25, -0.2) is 14.7 Å². The van der Waals surface area contributed by atoms with Crippen LogP contribution in [0.1, 0.15) is 44.9 Å². The Morgan fingerprint density at radius 1 is 1.25 bits per heavy atom. The van der Waals surface area contributed by atoms with Gasteiger partial charge in [0, 0.05) is 19.4 Å². The zero-order chi connectivity index (χ0) is 20.7. The lowest BCUT2D eigenvalue weighted by molar-refractivity contribution is -0.779. The fraction of sp³-hybridized carbons (Fsp3) is 0.684. The van der Waals surface area contributed by atoms with Gasteiger partial charge in [-0.2, -0.15) is 4.48 Å². The summed E-state index contributed by atoms with van der Waals surface area (Å²) in [6, 6.07) is -1.54. The summed E-state index contributed by atoms with van der Waals surface area (Å²) in [5.74, 6) is -1.63. The van der Waals surface area contributed by atoms with Crippen molar-refractivity contribution in [2.24, 2.45) is 17.6 Å². The number of nitrogens with two attached hydrogens (primary N) is 1. The molecule has 3 atom stereocenters. The molecule has 5 amide bonds. The Morgan fingerprint density at radius 3 is 2.50 bits per heavy atom. The van der Waals surface area contributed by atoms with E-state index in [1.54, 1.807) is 0 Å². The van der Waals surface area contributed by atoms with Gasteiger partial charge in [-0.3, -0.25) is 14.8 Å². The van der Waals surface area contributed by atoms with Gasteiger partial charge in [0.05, 0.1) is 19.0 Å². The maximum absolute atomic E-state index is 13.7. The van der Waals surface area contributed by atoms with Crippen LogP contribution in [-0.4, -0.2) is 64.7 Å². The average molecular weight is 395 g/mol. The minimum atomic E-state index is -0.952. The van der Waals surface area contributed by atoms with Crippen molar-refractivity contribution in [1.29, 1.82) is 0 Å². The maximum atomic E-state index is 13.7. The fourth-order valence-corrected chi connectivity index (χ4v) is 4.67. The van der Waals surface area contributed by atoms with Crippen LogP contribution in [0.4, 0.5) is 4.79 Å². The van der Waals surface area contributed by atoms with Crippen LogP contribution >= 0.6 is 0 Å². The molecule has 156 valence electrons. The van der Waals surface area contributed by atoms with Gasteiger partial charge in [-0.15, -0.1) is 6.58 Å². The highest BCUT2D eigenvalue weighted by molar-refractivity contribution is 5.91. The van der Waals surface area contributed by atoms with Gasteiger partial charge in [0.1, 0.15) is 0 Å². The first-order valence-electron chi connectivity index (χ1n) is 9.88. The van der Waals surface area contributed by atoms with Crippen LogP contribution in [0.25, 0.3) is 0 Å². The number of primary amides is 1. The summed E-state index contributed by atoms with van der Waals surface area (Å²) in [6.07, 6.45) is 7.14. The minimum Gasteiger partial charge on any atom is -0.364 e. The predicted octanol–water partition coefficient (Wildman–Crippen LogP) is 0.917. The van der Waals surface area contributed by atoms with Gasteiger partial charge in [-0.1, -0.05) is 31.8 Å². The summed E-state index contributed by atoms with van der Waals surface area (Å²) in [5, 5.41) is 12.8. The van der Waals surface area contributed by atoms with E-state index in [0.717, 1.165) is 25.7 Å². The lowest BCUT2D eigenvalue weighted by Crippen LogP contribution is -2.68. The van der Waals surface area contributed by atoms with Crippen molar-refractivity contribution in [1.82, 2.24) is 10.4 Å². The molecule has 2 fully saturated rings. The number of nitrogens with one attached hydrogen (secondary N) is 1. The Labute approximate surface area is 165 Å². The van der Waals surface area contributed by atoms with Gasteiger partial charge >= 0.3 is 11.9 Å². The summed E-state index contributed by atoms with van der Waals surface area (Å²) in [5.41, 5.74) is 5.55. The smallest absolute Gasteiger partial charge is 0.364 e. The molecule has 1 aliphatic carbocycles. The molecule has 2 aliphatic rings. The van der Waals surface area contributed by atoms with Crippen molar-refractivity contribution in [3.63, 3.8) is 0 Å². The number of imide groups is 1. The summed E-state index contributed by atoms with van der Waals surface area (Å²) in [7, 11) is 0. The number of nitrogens with zero attached hydrogens (tertiary/aromatic N) is 2. The van der Waals surface area contributed by atoms with Crippen molar-refractivity contribution in [2.45, 2.75) is 51.0 Å². The van der Waals surface area contributed by atoms with E-state index >= 15 is 0 Å². The Kier molecular flexibility index (Phi) is 7.70. The predicted molar refractivity (Wildman–Crippen MR) is 101 cm³/mol. The minimum absolute atomic E-state index is 0.158. The average Bonchev–Trinajstić information content (AvgIpc) is 3.34. The number of quaternary nitrogens is 1. The van der Waals surface area contributed by atoms with Crippen molar-refractivity contribution in [3.8, 4) is 0 Å². The van der Waals surface area contributed by atoms with E-state index in [4.69, 9.17) is 5.73 Å². The van der Waals surface area contributed by atoms with E-state index in [0.29, 0.717) is 30.2 Å². The number of carbonyl (C=O) groups excluding carboxylic acids is 4. The van der Waals surface area contributed by atoms with Crippen LogP contribution in [0.2, 0.25) is 0 Å². The number of hydroxylamine groups is 2. The standard InChI is InChI=1S/C19H30N4O5/c1-2-9-21-19(27)23(10-5-8-16(23)17(20)25)18(26)15(12-22(28)13-24)11-14-6-3-4-7-14/h2,13-16,28H,1,3-12H2,(H2-,20,21,25,27)/p+1/t15-,16+,23?/m1/s1. The first-order valence-corrected chi connectivity index (χ1v) is 9.88. The summed E-state index contributed by atoms with van der Waals surface area (Å²) < 4.78 is -0.701. The van der Waals surface area contributed by atoms with E-state index in [-0.39, 0.29) is 26.0 Å². The number of urea groups is 1.